The summed E-state index contributed by atoms with van der Waals surface area (Å²) in [7, 11) is 0. The van der Waals surface area contributed by atoms with Gasteiger partial charge in [0.05, 0.1) is 17.2 Å². The molecule has 25 heavy (non-hydrogen) atoms. The van der Waals surface area contributed by atoms with Gasteiger partial charge in [0.15, 0.2) is 0 Å². The molecule has 3 heterocycles. The van der Waals surface area contributed by atoms with E-state index in [0.29, 0.717) is 17.3 Å². The molecule has 4 rings (SSSR count). The number of nitrogens with one attached hydrogen (secondary N) is 2. The number of H-pyrrole nitrogens is 1. The second kappa shape index (κ2) is 6.40. The van der Waals surface area contributed by atoms with Crippen LogP contribution >= 0.6 is 0 Å². The van der Waals surface area contributed by atoms with Crippen molar-refractivity contribution in [2.75, 3.05) is 5.32 Å². The average molecular weight is 331 g/mol. The fourth-order valence-electron chi connectivity index (χ4n) is 2.35. The molecule has 0 fully saturated rings. The van der Waals surface area contributed by atoms with Crippen LogP contribution in [0.25, 0.3) is 11.0 Å². The standard InChI is InChI=1S/C18H13N5O2/c24-16(23-18-21-14-7-1-2-8-15(14)22-18)13-6-4-10-20-17(13)25-12-5-3-9-19-11-12/h1-11H,(H2,21,22,23,24). The molecule has 0 aliphatic carbocycles. The van der Waals surface area contributed by atoms with Crippen LogP contribution in [-0.2, 0) is 0 Å². The Kier molecular flexibility index (Phi) is 3.80. The Morgan fingerprint density at radius 2 is 1.92 bits per heavy atom. The number of para-hydroxylation sites is 2. The molecule has 122 valence electrons. The van der Waals surface area contributed by atoms with Gasteiger partial charge in [0.25, 0.3) is 5.91 Å². The van der Waals surface area contributed by atoms with Crippen molar-refractivity contribution in [2.24, 2.45) is 0 Å². The lowest BCUT2D eigenvalue weighted by atomic mass is 10.2. The second-order valence-corrected chi connectivity index (χ2v) is 5.20. The first-order valence-corrected chi connectivity index (χ1v) is 7.58. The minimum Gasteiger partial charge on any atom is -0.437 e. The van der Waals surface area contributed by atoms with Crippen molar-refractivity contribution in [3.8, 4) is 11.6 Å². The van der Waals surface area contributed by atoms with Gasteiger partial charge in [0.1, 0.15) is 11.3 Å². The van der Waals surface area contributed by atoms with Gasteiger partial charge in [-0.2, -0.15) is 0 Å². The van der Waals surface area contributed by atoms with Crippen molar-refractivity contribution >= 4 is 22.9 Å². The molecule has 0 bridgehead atoms. The summed E-state index contributed by atoms with van der Waals surface area (Å²) in [4.78, 5) is 28.1. The molecule has 2 N–H and O–H groups in total. The number of aromatic nitrogens is 4. The number of carbonyl (C=O) groups excluding carboxylic acids is 1. The Bertz CT molecular complexity index is 997. The molecule has 0 spiro atoms. The SMILES string of the molecule is O=C(Nc1nc2ccccc2[nH]1)c1cccnc1Oc1cccnc1. The van der Waals surface area contributed by atoms with Crippen LogP contribution in [0.4, 0.5) is 5.95 Å². The van der Waals surface area contributed by atoms with Crippen molar-refractivity contribution in [3.63, 3.8) is 0 Å². The lowest BCUT2D eigenvalue weighted by molar-refractivity contribution is 0.102. The molecule has 7 nitrogen and oxygen atoms in total. The average Bonchev–Trinajstić information content (AvgIpc) is 3.05. The van der Waals surface area contributed by atoms with Crippen molar-refractivity contribution in [1.29, 1.82) is 0 Å². The maximum atomic E-state index is 12.6. The zero-order valence-corrected chi connectivity index (χ0v) is 13.0. The highest BCUT2D eigenvalue weighted by Crippen LogP contribution is 2.23. The first-order valence-electron chi connectivity index (χ1n) is 7.58. The summed E-state index contributed by atoms with van der Waals surface area (Å²) in [6.07, 6.45) is 4.75. The van der Waals surface area contributed by atoms with Gasteiger partial charge in [0, 0.05) is 12.4 Å². The molecule has 0 unspecified atom stereocenters. The number of rotatable bonds is 4. The summed E-state index contributed by atoms with van der Waals surface area (Å²) in [6, 6.07) is 14.3. The van der Waals surface area contributed by atoms with E-state index in [0.717, 1.165) is 11.0 Å². The van der Waals surface area contributed by atoms with E-state index in [1.54, 1.807) is 42.9 Å². The highest BCUT2D eigenvalue weighted by atomic mass is 16.5. The van der Waals surface area contributed by atoms with Crippen LogP contribution in [0, 0.1) is 0 Å². The predicted molar refractivity (Wildman–Crippen MR) is 92.6 cm³/mol. The number of carbonyl (C=O) groups is 1. The van der Waals surface area contributed by atoms with Gasteiger partial charge in [0.2, 0.25) is 11.8 Å². The fraction of sp³-hybridized carbons (Fsp3) is 0. The maximum absolute atomic E-state index is 12.6. The fourth-order valence-corrected chi connectivity index (χ4v) is 2.35. The van der Waals surface area contributed by atoms with E-state index in [1.165, 1.54) is 0 Å². The van der Waals surface area contributed by atoms with Gasteiger partial charge in [-0.1, -0.05) is 12.1 Å². The second-order valence-electron chi connectivity index (χ2n) is 5.20. The van der Waals surface area contributed by atoms with Crippen LogP contribution < -0.4 is 10.1 Å². The highest BCUT2D eigenvalue weighted by Gasteiger charge is 2.16. The van der Waals surface area contributed by atoms with Crippen LogP contribution in [0.2, 0.25) is 0 Å². The van der Waals surface area contributed by atoms with Gasteiger partial charge < -0.3 is 9.72 Å². The first kappa shape index (κ1) is 14.8. The minimum absolute atomic E-state index is 0.198. The molecule has 0 atom stereocenters. The van der Waals surface area contributed by atoms with Crippen molar-refractivity contribution in [2.45, 2.75) is 0 Å². The molecule has 0 aliphatic rings. The number of hydrogen-bond acceptors (Lipinski definition) is 5. The largest absolute Gasteiger partial charge is 0.437 e. The monoisotopic (exact) mass is 331 g/mol. The third kappa shape index (κ3) is 3.16. The van der Waals surface area contributed by atoms with E-state index in [1.807, 2.05) is 24.3 Å². The Morgan fingerprint density at radius 1 is 1.04 bits per heavy atom. The number of hydrogen-bond donors (Lipinski definition) is 2. The van der Waals surface area contributed by atoms with Crippen LogP contribution in [-0.4, -0.2) is 25.8 Å². The molecule has 1 aromatic carbocycles. The molecule has 0 aliphatic heterocycles. The van der Waals surface area contributed by atoms with Gasteiger partial charge >= 0.3 is 0 Å². The zero-order valence-electron chi connectivity index (χ0n) is 13.0. The summed E-state index contributed by atoms with van der Waals surface area (Å²) in [6.45, 7) is 0. The predicted octanol–water partition coefficient (Wildman–Crippen LogP) is 3.40. The molecule has 3 aromatic heterocycles. The summed E-state index contributed by atoms with van der Waals surface area (Å²) >= 11 is 0. The number of benzene rings is 1. The van der Waals surface area contributed by atoms with Crippen LogP contribution in [0.15, 0.2) is 67.1 Å². The van der Waals surface area contributed by atoms with Crippen molar-refractivity contribution in [1.82, 2.24) is 19.9 Å². The van der Waals surface area contributed by atoms with E-state index >= 15 is 0 Å². The van der Waals surface area contributed by atoms with Crippen molar-refractivity contribution in [3.05, 3.63) is 72.7 Å². The maximum Gasteiger partial charge on any atom is 0.263 e. The molecule has 1 amide bonds. The third-order valence-electron chi connectivity index (χ3n) is 3.49. The Hall–Kier alpha value is -3.74. The van der Waals surface area contributed by atoms with E-state index in [-0.39, 0.29) is 11.8 Å². The molecule has 0 radical (unpaired) electrons. The van der Waals surface area contributed by atoms with Crippen LogP contribution in [0.5, 0.6) is 11.6 Å². The van der Waals surface area contributed by atoms with Gasteiger partial charge in [-0.05, 0) is 36.4 Å². The molecule has 0 saturated heterocycles. The molecule has 7 heteroatoms. The quantitative estimate of drug-likeness (QED) is 0.598. The number of aromatic amines is 1. The van der Waals surface area contributed by atoms with E-state index in [4.69, 9.17) is 4.74 Å². The topological polar surface area (TPSA) is 92.8 Å². The summed E-state index contributed by atoms with van der Waals surface area (Å²) < 4.78 is 5.66. The lowest BCUT2D eigenvalue weighted by Crippen LogP contribution is -2.14. The van der Waals surface area contributed by atoms with Gasteiger partial charge in [-0.3, -0.25) is 15.1 Å². The summed E-state index contributed by atoms with van der Waals surface area (Å²) in [5.74, 6) is 0.691. The van der Waals surface area contributed by atoms with Crippen LogP contribution in [0.1, 0.15) is 10.4 Å². The van der Waals surface area contributed by atoms with E-state index in [2.05, 4.69) is 25.3 Å². The molecule has 0 saturated carbocycles. The minimum atomic E-state index is -0.369. The number of pyridine rings is 2. The van der Waals surface area contributed by atoms with Crippen LogP contribution in [0.3, 0.4) is 0 Å². The Morgan fingerprint density at radius 3 is 2.76 bits per heavy atom. The van der Waals surface area contributed by atoms with Gasteiger partial charge in [-0.15, -0.1) is 0 Å². The zero-order chi connectivity index (χ0) is 17.1. The number of fused-ring (bicyclic) bond motifs is 1. The van der Waals surface area contributed by atoms with Gasteiger partial charge in [-0.25, -0.2) is 9.97 Å². The number of anilines is 1. The molecular formula is C18H13N5O2. The highest BCUT2D eigenvalue weighted by molar-refractivity contribution is 6.05. The summed E-state index contributed by atoms with van der Waals surface area (Å²) in [5, 5.41) is 2.73. The lowest BCUT2D eigenvalue weighted by Gasteiger charge is -2.08. The number of imidazole rings is 1. The van der Waals surface area contributed by atoms with E-state index < -0.39 is 0 Å². The first-order chi connectivity index (χ1) is 12.3. The Balaban J connectivity index is 1.59. The number of amides is 1. The number of nitrogens with zero attached hydrogens (tertiary/aromatic N) is 3. The van der Waals surface area contributed by atoms with E-state index in [9.17, 15) is 4.79 Å². The Labute approximate surface area is 142 Å². The smallest absolute Gasteiger partial charge is 0.263 e. The molecule has 4 aromatic rings. The van der Waals surface area contributed by atoms with Crippen molar-refractivity contribution < 1.29 is 9.53 Å². The normalized spacial score (nSPS) is 10.6. The number of ether oxygens (including phenoxy) is 1. The summed E-state index contributed by atoms with van der Waals surface area (Å²) in [5.41, 5.74) is 1.92. The molecular weight excluding hydrogens is 318 g/mol. The third-order valence-corrected chi connectivity index (χ3v) is 3.49.